The minimum Gasteiger partial charge on any atom is -0.485 e. The normalized spacial score (nSPS) is 10.5. The average molecular weight is 257 g/mol. The van der Waals surface area contributed by atoms with Crippen LogP contribution in [0.5, 0.6) is 5.75 Å². The van der Waals surface area contributed by atoms with Crippen molar-refractivity contribution in [3.05, 3.63) is 53.1 Å². The van der Waals surface area contributed by atoms with Crippen LogP contribution in [0.15, 0.2) is 30.6 Å². The van der Waals surface area contributed by atoms with Crippen LogP contribution in [0, 0.1) is 13.8 Å². The van der Waals surface area contributed by atoms with E-state index in [0.717, 1.165) is 23.3 Å². The molecule has 0 spiro atoms. The van der Waals surface area contributed by atoms with Crippen LogP contribution in [0.3, 0.4) is 0 Å². The van der Waals surface area contributed by atoms with Crippen molar-refractivity contribution in [3.8, 4) is 5.75 Å². The number of hydrogen-bond acceptors (Lipinski definition) is 4. The molecular formula is C15H19N3O. The van der Waals surface area contributed by atoms with Crippen molar-refractivity contribution in [1.82, 2.24) is 9.97 Å². The predicted molar refractivity (Wildman–Crippen MR) is 75.0 cm³/mol. The minimum atomic E-state index is 0.388. The minimum absolute atomic E-state index is 0.388. The molecule has 4 heteroatoms. The summed E-state index contributed by atoms with van der Waals surface area (Å²) in [7, 11) is 0. The molecule has 100 valence electrons. The molecule has 2 N–H and O–H groups in total. The van der Waals surface area contributed by atoms with Crippen LogP contribution in [-0.4, -0.2) is 16.5 Å². The molecule has 2 rings (SSSR count). The van der Waals surface area contributed by atoms with Gasteiger partial charge in [0.25, 0.3) is 0 Å². The molecule has 0 aliphatic carbocycles. The summed E-state index contributed by atoms with van der Waals surface area (Å²) in [5.74, 6) is 1.60. The molecule has 0 radical (unpaired) electrons. The summed E-state index contributed by atoms with van der Waals surface area (Å²) in [6.45, 7) is 5.15. The molecule has 2 aromatic rings. The standard InChI is InChI=1S/C15H19N3O/c1-11-8-13(4-5-16)9-12(2)15(11)19-10-14-17-6-3-7-18-14/h3,6-9H,4-5,10,16H2,1-2H3. The van der Waals surface area contributed by atoms with Crippen molar-refractivity contribution in [3.63, 3.8) is 0 Å². The first kappa shape index (κ1) is 13.5. The van der Waals surface area contributed by atoms with E-state index in [0.29, 0.717) is 19.0 Å². The van der Waals surface area contributed by atoms with Gasteiger partial charge in [-0.1, -0.05) is 12.1 Å². The molecule has 4 nitrogen and oxygen atoms in total. The average Bonchev–Trinajstić information content (AvgIpc) is 2.39. The second kappa shape index (κ2) is 6.29. The highest BCUT2D eigenvalue weighted by molar-refractivity contribution is 5.43. The Hall–Kier alpha value is -1.94. The SMILES string of the molecule is Cc1cc(CCN)cc(C)c1OCc1ncccn1. The highest BCUT2D eigenvalue weighted by atomic mass is 16.5. The summed E-state index contributed by atoms with van der Waals surface area (Å²) in [6, 6.07) is 6.05. The molecular weight excluding hydrogens is 238 g/mol. The highest BCUT2D eigenvalue weighted by Gasteiger charge is 2.07. The van der Waals surface area contributed by atoms with E-state index in [1.54, 1.807) is 18.5 Å². The van der Waals surface area contributed by atoms with E-state index in [-0.39, 0.29) is 0 Å². The summed E-state index contributed by atoms with van der Waals surface area (Å²) in [4.78, 5) is 8.29. The fourth-order valence-corrected chi connectivity index (χ4v) is 2.12. The van der Waals surface area contributed by atoms with Gasteiger partial charge in [0.2, 0.25) is 0 Å². The van der Waals surface area contributed by atoms with Crippen LogP contribution in [0.25, 0.3) is 0 Å². The molecule has 0 aliphatic heterocycles. The second-order valence-corrected chi connectivity index (χ2v) is 4.55. The van der Waals surface area contributed by atoms with Crippen LogP contribution < -0.4 is 10.5 Å². The molecule has 0 unspecified atom stereocenters. The number of ether oxygens (including phenoxy) is 1. The molecule has 19 heavy (non-hydrogen) atoms. The van der Waals surface area contributed by atoms with Gasteiger partial charge in [-0.05, 0) is 49.6 Å². The lowest BCUT2D eigenvalue weighted by molar-refractivity contribution is 0.291. The number of rotatable bonds is 5. The van der Waals surface area contributed by atoms with Crippen molar-refractivity contribution in [2.24, 2.45) is 5.73 Å². The van der Waals surface area contributed by atoms with Crippen LogP contribution in [0.1, 0.15) is 22.5 Å². The first-order valence-corrected chi connectivity index (χ1v) is 6.39. The van der Waals surface area contributed by atoms with Gasteiger partial charge in [-0.15, -0.1) is 0 Å². The zero-order chi connectivity index (χ0) is 13.7. The Labute approximate surface area is 113 Å². The molecule has 0 saturated carbocycles. The molecule has 1 aromatic carbocycles. The molecule has 0 bridgehead atoms. The third kappa shape index (κ3) is 3.51. The number of nitrogens with zero attached hydrogens (tertiary/aromatic N) is 2. The third-order valence-electron chi connectivity index (χ3n) is 2.92. The second-order valence-electron chi connectivity index (χ2n) is 4.55. The van der Waals surface area contributed by atoms with E-state index in [1.807, 2.05) is 13.8 Å². The zero-order valence-electron chi connectivity index (χ0n) is 11.4. The summed E-state index contributed by atoms with van der Waals surface area (Å²) in [5.41, 5.74) is 9.09. The van der Waals surface area contributed by atoms with Crippen LogP contribution in [0.4, 0.5) is 0 Å². The van der Waals surface area contributed by atoms with Gasteiger partial charge in [-0.3, -0.25) is 0 Å². The number of nitrogens with two attached hydrogens (primary N) is 1. The van der Waals surface area contributed by atoms with Crippen LogP contribution >= 0.6 is 0 Å². The summed E-state index contributed by atoms with van der Waals surface area (Å²) < 4.78 is 5.83. The number of benzene rings is 1. The van der Waals surface area contributed by atoms with Gasteiger partial charge in [0.15, 0.2) is 5.82 Å². The van der Waals surface area contributed by atoms with Gasteiger partial charge < -0.3 is 10.5 Å². The number of aryl methyl sites for hydroxylation is 2. The fraction of sp³-hybridized carbons (Fsp3) is 0.333. The first-order valence-electron chi connectivity index (χ1n) is 6.39. The van der Waals surface area contributed by atoms with E-state index >= 15 is 0 Å². The molecule has 0 fully saturated rings. The summed E-state index contributed by atoms with van der Waals surface area (Å²) in [6.07, 6.45) is 4.33. The van der Waals surface area contributed by atoms with Gasteiger partial charge in [0.05, 0.1) is 0 Å². The van der Waals surface area contributed by atoms with E-state index < -0.39 is 0 Å². The Morgan fingerprint density at radius 1 is 1.11 bits per heavy atom. The fourth-order valence-electron chi connectivity index (χ4n) is 2.12. The van der Waals surface area contributed by atoms with Crippen LogP contribution in [-0.2, 0) is 13.0 Å². The maximum absolute atomic E-state index is 5.83. The van der Waals surface area contributed by atoms with Gasteiger partial charge in [-0.25, -0.2) is 9.97 Å². The summed E-state index contributed by atoms with van der Waals surface area (Å²) in [5, 5.41) is 0. The van der Waals surface area contributed by atoms with Gasteiger partial charge in [0.1, 0.15) is 12.4 Å². The Kier molecular flexibility index (Phi) is 4.47. The molecule has 0 atom stereocenters. The Morgan fingerprint density at radius 2 is 1.74 bits per heavy atom. The lowest BCUT2D eigenvalue weighted by Crippen LogP contribution is -2.05. The summed E-state index contributed by atoms with van der Waals surface area (Å²) >= 11 is 0. The Morgan fingerprint density at radius 3 is 2.32 bits per heavy atom. The molecule has 1 heterocycles. The van der Waals surface area contributed by atoms with Gasteiger partial charge in [-0.2, -0.15) is 0 Å². The molecule has 0 amide bonds. The molecule has 0 aliphatic rings. The monoisotopic (exact) mass is 257 g/mol. The topological polar surface area (TPSA) is 61.0 Å². The van der Waals surface area contributed by atoms with Gasteiger partial charge >= 0.3 is 0 Å². The largest absolute Gasteiger partial charge is 0.485 e. The molecule has 0 saturated heterocycles. The lowest BCUT2D eigenvalue weighted by Gasteiger charge is -2.13. The van der Waals surface area contributed by atoms with Crippen molar-refractivity contribution in [2.45, 2.75) is 26.9 Å². The van der Waals surface area contributed by atoms with E-state index in [9.17, 15) is 0 Å². The van der Waals surface area contributed by atoms with Crippen molar-refractivity contribution in [1.29, 1.82) is 0 Å². The lowest BCUT2D eigenvalue weighted by atomic mass is 10.0. The highest BCUT2D eigenvalue weighted by Crippen LogP contribution is 2.25. The molecule has 1 aromatic heterocycles. The maximum atomic E-state index is 5.83. The van der Waals surface area contributed by atoms with E-state index in [1.165, 1.54) is 5.56 Å². The predicted octanol–water partition coefficient (Wildman–Crippen LogP) is 2.17. The number of hydrogen-bond donors (Lipinski definition) is 1. The number of aromatic nitrogens is 2. The first-order chi connectivity index (χ1) is 9.20. The Balaban J connectivity index is 2.12. The Bertz CT molecular complexity index is 517. The van der Waals surface area contributed by atoms with Crippen molar-refractivity contribution < 1.29 is 4.74 Å². The smallest absolute Gasteiger partial charge is 0.166 e. The van der Waals surface area contributed by atoms with E-state index in [2.05, 4.69) is 22.1 Å². The van der Waals surface area contributed by atoms with Crippen LogP contribution in [0.2, 0.25) is 0 Å². The van der Waals surface area contributed by atoms with Crippen molar-refractivity contribution in [2.75, 3.05) is 6.54 Å². The van der Waals surface area contributed by atoms with Gasteiger partial charge in [0, 0.05) is 12.4 Å². The third-order valence-corrected chi connectivity index (χ3v) is 2.92. The quantitative estimate of drug-likeness (QED) is 0.891. The van der Waals surface area contributed by atoms with Crippen molar-refractivity contribution >= 4 is 0 Å². The maximum Gasteiger partial charge on any atom is 0.166 e. The zero-order valence-corrected chi connectivity index (χ0v) is 11.4. The van der Waals surface area contributed by atoms with E-state index in [4.69, 9.17) is 10.5 Å².